The van der Waals surface area contributed by atoms with Gasteiger partial charge in [0.2, 0.25) is 5.91 Å². The fourth-order valence-corrected chi connectivity index (χ4v) is 3.38. The van der Waals surface area contributed by atoms with E-state index in [-0.39, 0.29) is 29.0 Å². The van der Waals surface area contributed by atoms with Crippen LogP contribution >= 0.6 is 0 Å². The van der Waals surface area contributed by atoms with Gasteiger partial charge in [0, 0.05) is 19.7 Å². The summed E-state index contributed by atoms with van der Waals surface area (Å²) in [5, 5.41) is 13.9. The van der Waals surface area contributed by atoms with Crippen molar-refractivity contribution in [3.63, 3.8) is 0 Å². The molecule has 0 saturated heterocycles. The van der Waals surface area contributed by atoms with Gasteiger partial charge in [-0.25, -0.2) is 8.42 Å². The van der Waals surface area contributed by atoms with Gasteiger partial charge in [-0.15, -0.1) is 5.10 Å². The smallest absolute Gasteiger partial charge is 0.322 e. The zero-order valence-corrected chi connectivity index (χ0v) is 14.1. The number of hydrogen-bond donors (Lipinski definition) is 1. The van der Waals surface area contributed by atoms with E-state index in [1.165, 1.54) is 12.1 Å². The second-order valence-corrected chi connectivity index (χ2v) is 7.29. The molecule has 1 aromatic carbocycles. The van der Waals surface area contributed by atoms with Gasteiger partial charge in [-0.3, -0.25) is 14.8 Å². The number of rotatable bonds is 6. The second kappa shape index (κ2) is 6.85. The molecule has 0 radical (unpaired) electrons. The molecule has 0 atom stereocenters. The number of benzene rings is 1. The average Bonchev–Trinajstić information content (AvgIpc) is 3.22. The highest BCUT2D eigenvalue weighted by Gasteiger charge is 2.18. The molecule has 0 bridgehead atoms. The van der Waals surface area contributed by atoms with Crippen molar-refractivity contribution in [2.24, 2.45) is 7.05 Å². The fourth-order valence-electron chi connectivity index (χ4n) is 2.12. The Kier molecular flexibility index (Phi) is 4.61. The van der Waals surface area contributed by atoms with Crippen molar-refractivity contribution >= 4 is 21.8 Å². The Labute approximate surface area is 143 Å². The number of nitrogens with zero attached hydrogens (tertiary/aromatic N) is 4. The van der Waals surface area contributed by atoms with Gasteiger partial charge in [-0.2, -0.15) is 5.10 Å². The van der Waals surface area contributed by atoms with Crippen molar-refractivity contribution in [3.8, 4) is 11.6 Å². The van der Waals surface area contributed by atoms with E-state index in [0.29, 0.717) is 5.69 Å². The monoisotopic (exact) mass is 361 g/mol. The molecular formula is C15H15N5O4S. The summed E-state index contributed by atoms with van der Waals surface area (Å²) in [5.41, 5.74) is 0.597. The van der Waals surface area contributed by atoms with Crippen LogP contribution in [0.4, 0.5) is 6.01 Å². The number of amides is 1. The van der Waals surface area contributed by atoms with Crippen LogP contribution in [0.1, 0.15) is 6.42 Å². The normalized spacial score (nSPS) is 11.4. The van der Waals surface area contributed by atoms with E-state index < -0.39 is 15.7 Å². The van der Waals surface area contributed by atoms with Crippen molar-refractivity contribution < 1.29 is 17.6 Å². The first kappa shape index (κ1) is 16.8. The predicted octanol–water partition coefficient (Wildman–Crippen LogP) is 1.27. The van der Waals surface area contributed by atoms with E-state index in [1.807, 2.05) is 0 Å². The van der Waals surface area contributed by atoms with Crippen LogP contribution < -0.4 is 5.32 Å². The Morgan fingerprint density at radius 3 is 2.64 bits per heavy atom. The molecule has 9 nitrogen and oxygen atoms in total. The van der Waals surface area contributed by atoms with Crippen molar-refractivity contribution in [2.45, 2.75) is 11.3 Å². The molecule has 0 fully saturated rings. The van der Waals surface area contributed by atoms with Crippen LogP contribution in [0.2, 0.25) is 0 Å². The van der Waals surface area contributed by atoms with Crippen LogP contribution in [0.25, 0.3) is 11.6 Å². The van der Waals surface area contributed by atoms with Crippen molar-refractivity contribution in [2.75, 3.05) is 11.1 Å². The molecular weight excluding hydrogens is 346 g/mol. The Bertz CT molecular complexity index is 978. The largest absolute Gasteiger partial charge is 0.401 e. The molecule has 3 rings (SSSR count). The molecule has 0 unspecified atom stereocenters. The van der Waals surface area contributed by atoms with Crippen LogP contribution in [-0.4, -0.2) is 40.1 Å². The number of aromatic nitrogens is 4. The SMILES string of the molecule is Cn1nccc1-c1nnc(NC(=O)CCS(=O)(=O)c2ccccc2)o1. The Hall–Kier alpha value is -3.01. The van der Waals surface area contributed by atoms with Gasteiger partial charge in [0.25, 0.3) is 5.89 Å². The third-order valence-corrected chi connectivity index (χ3v) is 5.14. The van der Waals surface area contributed by atoms with Gasteiger partial charge < -0.3 is 4.42 Å². The highest BCUT2D eigenvalue weighted by Crippen LogP contribution is 2.18. The maximum absolute atomic E-state index is 12.1. The first-order valence-corrected chi connectivity index (χ1v) is 9.00. The van der Waals surface area contributed by atoms with Gasteiger partial charge in [0.05, 0.1) is 10.6 Å². The maximum Gasteiger partial charge on any atom is 0.322 e. The highest BCUT2D eigenvalue weighted by molar-refractivity contribution is 7.91. The lowest BCUT2D eigenvalue weighted by atomic mass is 10.4. The zero-order valence-electron chi connectivity index (χ0n) is 13.3. The highest BCUT2D eigenvalue weighted by atomic mass is 32.2. The number of carbonyl (C=O) groups is 1. The van der Waals surface area contributed by atoms with E-state index >= 15 is 0 Å². The minimum Gasteiger partial charge on any atom is -0.401 e. The molecule has 2 aromatic heterocycles. The van der Waals surface area contributed by atoms with Crippen LogP contribution in [0, 0.1) is 0 Å². The number of carbonyl (C=O) groups excluding carboxylic acids is 1. The standard InChI is InChI=1S/C15H15N5O4S/c1-20-12(7-9-16-20)14-18-19-15(24-14)17-13(21)8-10-25(22,23)11-5-3-2-4-6-11/h2-7,9H,8,10H2,1H3,(H,17,19,21). The van der Waals surface area contributed by atoms with Crippen LogP contribution in [0.5, 0.6) is 0 Å². The lowest BCUT2D eigenvalue weighted by Crippen LogP contribution is -2.17. The van der Waals surface area contributed by atoms with Gasteiger partial charge >= 0.3 is 6.01 Å². The summed E-state index contributed by atoms with van der Waals surface area (Å²) in [7, 11) is -1.81. The molecule has 130 valence electrons. The minimum absolute atomic E-state index is 0.0988. The fraction of sp³-hybridized carbons (Fsp3) is 0.200. The summed E-state index contributed by atoms with van der Waals surface area (Å²) in [6.07, 6.45) is 1.35. The van der Waals surface area contributed by atoms with Crippen LogP contribution in [-0.2, 0) is 21.7 Å². The molecule has 0 aliphatic rings. The van der Waals surface area contributed by atoms with Crippen molar-refractivity contribution in [1.29, 1.82) is 0 Å². The van der Waals surface area contributed by atoms with E-state index in [1.54, 1.807) is 42.2 Å². The maximum atomic E-state index is 12.1. The molecule has 0 aliphatic heterocycles. The lowest BCUT2D eigenvalue weighted by Gasteiger charge is -2.03. The van der Waals surface area contributed by atoms with E-state index in [0.717, 1.165) is 0 Å². The average molecular weight is 361 g/mol. The molecule has 10 heteroatoms. The number of aryl methyl sites for hydroxylation is 1. The Morgan fingerprint density at radius 1 is 1.20 bits per heavy atom. The third-order valence-electron chi connectivity index (χ3n) is 3.41. The summed E-state index contributed by atoms with van der Waals surface area (Å²) in [6.45, 7) is 0. The quantitative estimate of drug-likeness (QED) is 0.702. The molecule has 2 heterocycles. The molecule has 1 N–H and O–H groups in total. The van der Waals surface area contributed by atoms with Crippen molar-refractivity contribution in [3.05, 3.63) is 42.6 Å². The minimum atomic E-state index is -3.52. The second-order valence-electron chi connectivity index (χ2n) is 5.18. The van der Waals surface area contributed by atoms with Crippen LogP contribution in [0.3, 0.4) is 0 Å². The van der Waals surface area contributed by atoms with E-state index in [4.69, 9.17) is 4.42 Å². The zero-order chi connectivity index (χ0) is 17.9. The first-order valence-electron chi connectivity index (χ1n) is 7.35. The van der Waals surface area contributed by atoms with Gasteiger partial charge in [0.15, 0.2) is 9.84 Å². The van der Waals surface area contributed by atoms with E-state index in [2.05, 4.69) is 20.6 Å². The third kappa shape index (κ3) is 3.91. The number of anilines is 1. The topological polar surface area (TPSA) is 120 Å². The van der Waals surface area contributed by atoms with Gasteiger partial charge in [-0.1, -0.05) is 23.3 Å². The summed E-state index contributed by atoms with van der Waals surface area (Å²) < 4.78 is 31.2. The van der Waals surface area contributed by atoms with E-state index in [9.17, 15) is 13.2 Å². The van der Waals surface area contributed by atoms with Crippen LogP contribution in [0.15, 0.2) is 51.9 Å². The van der Waals surface area contributed by atoms with Crippen molar-refractivity contribution in [1.82, 2.24) is 20.0 Å². The van der Waals surface area contributed by atoms with Gasteiger partial charge in [0.1, 0.15) is 5.69 Å². The molecule has 0 saturated carbocycles. The summed E-state index contributed by atoms with van der Waals surface area (Å²) >= 11 is 0. The number of sulfone groups is 1. The summed E-state index contributed by atoms with van der Waals surface area (Å²) in [6, 6.07) is 9.55. The molecule has 1 amide bonds. The first-order chi connectivity index (χ1) is 12.0. The Balaban J connectivity index is 1.60. The summed E-state index contributed by atoms with van der Waals surface area (Å²) in [4.78, 5) is 12.1. The molecule has 0 spiro atoms. The number of hydrogen-bond acceptors (Lipinski definition) is 7. The lowest BCUT2D eigenvalue weighted by molar-refractivity contribution is -0.115. The van der Waals surface area contributed by atoms with Gasteiger partial charge in [-0.05, 0) is 18.2 Å². The predicted molar refractivity (Wildman–Crippen MR) is 88.2 cm³/mol. The Morgan fingerprint density at radius 2 is 1.96 bits per heavy atom. The summed E-state index contributed by atoms with van der Waals surface area (Å²) in [5.74, 6) is -0.641. The molecule has 0 aliphatic carbocycles. The number of nitrogens with one attached hydrogen (secondary N) is 1. The molecule has 3 aromatic rings. The molecule has 25 heavy (non-hydrogen) atoms.